The van der Waals surface area contributed by atoms with Gasteiger partial charge in [0.2, 0.25) is 0 Å². The van der Waals surface area contributed by atoms with Gasteiger partial charge < -0.3 is 10.1 Å². The van der Waals surface area contributed by atoms with Crippen LogP contribution in [0.3, 0.4) is 0 Å². The second-order valence-electron chi connectivity index (χ2n) is 1.95. The molecule has 0 saturated heterocycles. The summed E-state index contributed by atoms with van der Waals surface area (Å²) in [7, 11) is 0. The summed E-state index contributed by atoms with van der Waals surface area (Å²) in [4.78, 5) is 0. The van der Waals surface area contributed by atoms with Crippen LogP contribution < -0.4 is 5.32 Å². The van der Waals surface area contributed by atoms with Gasteiger partial charge in [-0.1, -0.05) is 12.7 Å². The third kappa shape index (κ3) is 1.21. The van der Waals surface area contributed by atoms with Crippen LogP contribution in [0.5, 0.6) is 0 Å². The Labute approximate surface area is 60.9 Å². The van der Waals surface area contributed by atoms with Crippen LogP contribution in [0, 0.1) is 0 Å². The monoisotopic (exact) mass is 137 g/mol. The normalized spacial score (nSPS) is 17.3. The van der Waals surface area contributed by atoms with Crippen LogP contribution in [0.25, 0.3) is 0 Å². The molecule has 0 aromatic carbocycles. The predicted molar refractivity (Wildman–Crippen MR) is 41.1 cm³/mol. The summed E-state index contributed by atoms with van der Waals surface area (Å²) in [5.41, 5.74) is 0.970. The Morgan fingerprint density at radius 1 is 1.70 bits per heavy atom. The first-order valence-corrected chi connectivity index (χ1v) is 3.24. The van der Waals surface area contributed by atoms with Gasteiger partial charge in [0.15, 0.2) is 6.73 Å². The lowest BCUT2D eigenvalue weighted by atomic mass is 10.3. The van der Waals surface area contributed by atoms with Gasteiger partial charge >= 0.3 is 0 Å². The van der Waals surface area contributed by atoms with Gasteiger partial charge in [-0.3, -0.25) is 0 Å². The van der Waals surface area contributed by atoms with Gasteiger partial charge in [-0.15, -0.1) is 0 Å². The predicted octanol–water partition coefficient (Wildman–Crippen LogP) is 1.54. The zero-order valence-electron chi connectivity index (χ0n) is 6.05. The van der Waals surface area contributed by atoms with Crippen molar-refractivity contribution in [3.8, 4) is 0 Å². The lowest BCUT2D eigenvalue weighted by Gasteiger charge is -1.92. The Balaban J connectivity index is 2.77. The van der Waals surface area contributed by atoms with E-state index in [1.54, 1.807) is 6.08 Å². The lowest BCUT2D eigenvalue weighted by Crippen LogP contribution is -2.05. The first kappa shape index (κ1) is 6.93. The second-order valence-corrected chi connectivity index (χ2v) is 1.95. The van der Waals surface area contributed by atoms with E-state index in [9.17, 15) is 0 Å². The first-order chi connectivity index (χ1) is 4.88. The fraction of sp³-hybridized carbons (Fsp3) is 0.250. The van der Waals surface area contributed by atoms with Crippen LogP contribution in [0.1, 0.15) is 6.92 Å². The van der Waals surface area contributed by atoms with Gasteiger partial charge in [0.25, 0.3) is 0 Å². The van der Waals surface area contributed by atoms with Crippen LogP contribution in [-0.2, 0) is 4.74 Å². The molecular formula is C8H11NO. The molecule has 0 spiro atoms. The van der Waals surface area contributed by atoms with Gasteiger partial charge in [-0.05, 0) is 19.1 Å². The van der Waals surface area contributed by atoms with E-state index in [-0.39, 0.29) is 0 Å². The highest BCUT2D eigenvalue weighted by atomic mass is 16.5. The number of ether oxygens (including phenoxy) is 1. The molecule has 1 N–H and O–H groups in total. The zero-order chi connectivity index (χ0) is 7.40. The highest BCUT2D eigenvalue weighted by Crippen LogP contribution is 2.11. The fourth-order valence-corrected chi connectivity index (χ4v) is 0.818. The van der Waals surface area contributed by atoms with E-state index in [0.717, 1.165) is 11.5 Å². The van der Waals surface area contributed by atoms with Crippen molar-refractivity contribution >= 4 is 0 Å². The summed E-state index contributed by atoms with van der Waals surface area (Å²) in [6.45, 7) is 6.15. The molecule has 2 nitrogen and oxygen atoms in total. The lowest BCUT2D eigenvalue weighted by molar-refractivity contribution is 0.244. The molecule has 54 valence electrons. The number of hydrogen-bond acceptors (Lipinski definition) is 2. The number of nitrogens with one attached hydrogen (secondary N) is 1. The topological polar surface area (TPSA) is 21.3 Å². The van der Waals surface area contributed by atoms with E-state index >= 15 is 0 Å². The molecule has 2 heteroatoms. The van der Waals surface area contributed by atoms with Crippen molar-refractivity contribution in [2.75, 3.05) is 6.73 Å². The SMILES string of the molecule is C=CC1=C(/C=C\C)OCN1. The van der Waals surface area contributed by atoms with Crippen LogP contribution in [0.2, 0.25) is 0 Å². The minimum atomic E-state index is 0.557. The molecular weight excluding hydrogens is 126 g/mol. The summed E-state index contributed by atoms with van der Waals surface area (Å²) in [6.07, 6.45) is 5.60. The van der Waals surface area contributed by atoms with Gasteiger partial charge in [-0.2, -0.15) is 0 Å². The molecule has 0 amide bonds. The molecule has 1 aliphatic rings. The largest absolute Gasteiger partial charge is 0.471 e. The van der Waals surface area contributed by atoms with E-state index in [1.165, 1.54) is 0 Å². The van der Waals surface area contributed by atoms with E-state index in [0.29, 0.717) is 6.73 Å². The smallest absolute Gasteiger partial charge is 0.159 e. The van der Waals surface area contributed by atoms with Crippen molar-refractivity contribution in [1.82, 2.24) is 5.32 Å². The minimum Gasteiger partial charge on any atom is -0.471 e. The van der Waals surface area contributed by atoms with Gasteiger partial charge in [0.1, 0.15) is 5.76 Å². The van der Waals surface area contributed by atoms with Crippen molar-refractivity contribution in [2.24, 2.45) is 0 Å². The highest BCUT2D eigenvalue weighted by molar-refractivity contribution is 5.28. The van der Waals surface area contributed by atoms with Crippen LogP contribution >= 0.6 is 0 Å². The van der Waals surface area contributed by atoms with Gasteiger partial charge in [0.05, 0.1) is 5.70 Å². The van der Waals surface area contributed by atoms with Crippen molar-refractivity contribution in [3.63, 3.8) is 0 Å². The van der Waals surface area contributed by atoms with Crippen LogP contribution in [0.4, 0.5) is 0 Å². The molecule has 0 radical (unpaired) electrons. The zero-order valence-corrected chi connectivity index (χ0v) is 6.05. The summed E-state index contributed by atoms with van der Waals surface area (Å²) in [5, 5.41) is 3.03. The Morgan fingerprint density at radius 2 is 2.50 bits per heavy atom. The minimum absolute atomic E-state index is 0.557. The molecule has 1 heterocycles. The Bertz CT molecular complexity index is 191. The molecule has 0 fully saturated rings. The summed E-state index contributed by atoms with van der Waals surface area (Å²) >= 11 is 0. The number of hydrogen-bond donors (Lipinski definition) is 1. The molecule has 0 aliphatic carbocycles. The molecule has 0 unspecified atom stereocenters. The molecule has 0 aromatic heterocycles. The van der Waals surface area contributed by atoms with Gasteiger partial charge in [0, 0.05) is 0 Å². The molecule has 0 saturated carbocycles. The van der Waals surface area contributed by atoms with E-state index in [1.807, 2.05) is 19.1 Å². The van der Waals surface area contributed by atoms with Crippen molar-refractivity contribution in [3.05, 3.63) is 36.3 Å². The van der Waals surface area contributed by atoms with Crippen molar-refractivity contribution in [2.45, 2.75) is 6.92 Å². The molecule has 0 atom stereocenters. The Morgan fingerprint density at radius 3 is 3.10 bits per heavy atom. The molecule has 10 heavy (non-hydrogen) atoms. The summed E-state index contributed by atoms with van der Waals surface area (Å²) in [6, 6.07) is 0. The Kier molecular flexibility index (Phi) is 2.15. The first-order valence-electron chi connectivity index (χ1n) is 3.24. The second kappa shape index (κ2) is 3.11. The quantitative estimate of drug-likeness (QED) is 0.623. The number of rotatable bonds is 2. The van der Waals surface area contributed by atoms with Crippen molar-refractivity contribution in [1.29, 1.82) is 0 Å². The molecule has 1 rings (SSSR count). The molecule has 1 aliphatic heterocycles. The average Bonchev–Trinajstić information content (AvgIpc) is 2.36. The maximum absolute atomic E-state index is 5.21. The van der Waals surface area contributed by atoms with Crippen molar-refractivity contribution < 1.29 is 4.74 Å². The summed E-state index contributed by atoms with van der Waals surface area (Å²) in [5.74, 6) is 0.873. The fourth-order valence-electron chi connectivity index (χ4n) is 0.818. The molecule has 0 bridgehead atoms. The standard InChI is InChI=1S/C8H11NO/c1-3-5-8-7(4-2)9-6-10-8/h3-5,9H,2,6H2,1H3/b5-3-. The van der Waals surface area contributed by atoms with Crippen LogP contribution in [-0.4, -0.2) is 6.73 Å². The highest BCUT2D eigenvalue weighted by Gasteiger charge is 2.07. The van der Waals surface area contributed by atoms with Gasteiger partial charge in [-0.25, -0.2) is 0 Å². The van der Waals surface area contributed by atoms with Crippen LogP contribution in [0.15, 0.2) is 36.3 Å². The summed E-state index contributed by atoms with van der Waals surface area (Å²) < 4.78 is 5.21. The molecule has 0 aromatic rings. The third-order valence-electron chi connectivity index (χ3n) is 1.28. The van der Waals surface area contributed by atoms with E-state index < -0.39 is 0 Å². The Hall–Kier alpha value is -1.18. The number of allylic oxidation sites excluding steroid dienone is 3. The average molecular weight is 137 g/mol. The van der Waals surface area contributed by atoms with E-state index in [2.05, 4.69) is 11.9 Å². The third-order valence-corrected chi connectivity index (χ3v) is 1.28. The maximum Gasteiger partial charge on any atom is 0.159 e. The van der Waals surface area contributed by atoms with E-state index in [4.69, 9.17) is 4.74 Å². The maximum atomic E-state index is 5.21.